The van der Waals surface area contributed by atoms with Crippen molar-refractivity contribution in [3.63, 3.8) is 0 Å². The molecule has 0 bridgehead atoms. The van der Waals surface area contributed by atoms with Crippen LogP contribution in [0.1, 0.15) is 10.4 Å². The highest BCUT2D eigenvalue weighted by molar-refractivity contribution is 5.94. The van der Waals surface area contributed by atoms with Gasteiger partial charge in [0, 0.05) is 28.5 Å². The molecule has 3 N–H and O–H groups in total. The Morgan fingerprint density at radius 3 is 2.70 bits per heavy atom. The third kappa shape index (κ3) is 2.44. The highest BCUT2D eigenvalue weighted by Gasteiger charge is 2.02. The van der Waals surface area contributed by atoms with Gasteiger partial charge >= 0.3 is 0 Å². The lowest BCUT2D eigenvalue weighted by Crippen LogP contribution is -2.10. The van der Waals surface area contributed by atoms with E-state index >= 15 is 0 Å². The van der Waals surface area contributed by atoms with Gasteiger partial charge in [0.2, 0.25) is 5.91 Å². The number of primary amides is 1. The number of nitrogens with two attached hydrogens (primary N) is 1. The molecular weight excluding hydrogens is 250 g/mol. The van der Waals surface area contributed by atoms with Crippen molar-refractivity contribution in [3.05, 3.63) is 66.4 Å². The van der Waals surface area contributed by atoms with Crippen LogP contribution in [0.5, 0.6) is 0 Å². The maximum atomic E-state index is 11.2. The molecule has 0 aliphatic carbocycles. The molecule has 1 heterocycles. The third-order valence-electron chi connectivity index (χ3n) is 3.04. The summed E-state index contributed by atoms with van der Waals surface area (Å²) in [6.07, 6.45) is 1.77. The molecule has 1 amide bonds. The minimum Gasteiger partial charge on any atom is -0.366 e. The zero-order valence-corrected chi connectivity index (χ0v) is 10.7. The summed E-state index contributed by atoms with van der Waals surface area (Å²) in [5, 5.41) is 4.31. The highest BCUT2D eigenvalue weighted by Crippen LogP contribution is 2.21. The molecule has 0 atom stereocenters. The highest BCUT2D eigenvalue weighted by atomic mass is 16.1. The number of carbonyl (C=O) groups excluding carboxylic acids is 1. The first kappa shape index (κ1) is 12.2. The van der Waals surface area contributed by atoms with E-state index in [4.69, 9.17) is 5.73 Å². The van der Waals surface area contributed by atoms with Crippen molar-refractivity contribution in [1.29, 1.82) is 0 Å². The molecule has 0 aliphatic heterocycles. The Bertz CT molecular complexity index is 783. The monoisotopic (exact) mass is 263 g/mol. The van der Waals surface area contributed by atoms with E-state index in [0.29, 0.717) is 5.56 Å². The SMILES string of the molecule is NC(=O)c1cccc(Nc2ccc3ncccc3c2)c1. The number of benzene rings is 2. The first-order valence-electron chi connectivity index (χ1n) is 6.24. The molecule has 3 rings (SSSR count). The number of fused-ring (bicyclic) bond motifs is 1. The number of nitrogens with zero attached hydrogens (tertiary/aromatic N) is 1. The largest absolute Gasteiger partial charge is 0.366 e. The quantitative estimate of drug-likeness (QED) is 0.763. The number of hydrogen-bond donors (Lipinski definition) is 2. The molecule has 0 fully saturated rings. The van der Waals surface area contributed by atoms with E-state index in [1.165, 1.54) is 0 Å². The van der Waals surface area contributed by atoms with Gasteiger partial charge in [0.05, 0.1) is 5.52 Å². The Kier molecular flexibility index (Phi) is 3.05. The Morgan fingerprint density at radius 1 is 1.00 bits per heavy atom. The summed E-state index contributed by atoms with van der Waals surface area (Å²) in [5.74, 6) is -0.434. The summed E-state index contributed by atoms with van der Waals surface area (Å²) in [5.41, 5.74) is 8.47. The van der Waals surface area contributed by atoms with Crippen LogP contribution in [0.15, 0.2) is 60.8 Å². The second kappa shape index (κ2) is 5.01. The number of hydrogen-bond acceptors (Lipinski definition) is 3. The number of nitrogens with one attached hydrogen (secondary N) is 1. The number of aromatic nitrogens is 1. The van der Waals surface area contributed by atoms with E-state index in [1.54, 1.807) is 24.4 Å². The van der Waals surface area contributed by atoms with Crippen LogP contribution in [0, 0.1) is 0 Å². The topological polar surface area (TPSA) is 68.0 Å². The van der Waals surface area contributed by atoms with E-state index in [9.17, 15) is 4.79 Å². The Labute approximate surface area is 116 Å². The van der Waals surface area contributed by atoms with Crippen LogP contribution in [0.2, 0.25) is 0 Å². The molecule has 1 aromatic heterocycles. The first-order valence-corrected chi connectivity index (χ1v) is 6.24. The fraction of sp³-hybridized carbons (Fsp3) is 0. The molecule has 98 valence electrons. The second-order valence-corrected chi connectivity index (χ2v) is 4.48. The van der Waals surface area contributed by atoms with Crippen LogP contribution in [-0.2, 0) is 0 Å². The molecule has 4 nitrogen and oxygen atoms in total. The summed E-state index contributed by atoms with van der Waals surface area (Å²) < 4.78 is 0. The Morgan fingerprint density at radius 2 is 1.85 bits per heavy atom. The Balaban J connectivity index is 1.92. The van der Waals surface area contributed by atoms with E-state index in [0.717, 1.165) is 22.3 Å². The Hall–Kier alpha value is -2.88. The average Bonchev–Trinajstić information content (AvgIpc) is 2.47. The predicted octanol–water partition coefficient (Wildman–Crippen LogP) is 3.08. The maximum Gasteiger partial charge on any atom is 0.248 e. The van der Waals surface area contributed by atoms with Gasteiger partial charge in [0.25, 0.3) is 0 Å². The van der Waals surface area contributed by atoms with Crippen molar-refractivity contribution in [2.24, 2.45) is 5.73 Å². The summed E-state index contributed by atoms with van der Waals surface area (Å²) >= 11 is 0. The lowest BCUT2D eigenvalue weighted by atomic mass is 10.1. The van der Waals surface area contributed by atoms with Crippen molar-refractivity contribution >= 4 is 28.2 Å². The second-order valence-electron chi connectivity index (χ2n) is 4.48. The van der Waals surface area contributed by atoms with Crippen LogP contribution < -0.4 is 11.1 Å². The molecule has 4 heteroatoms. The van der Waals surface area contributed by atoms with Crippen molar-refractivity contribution < 1.29 is 4.79 Å². The van der Waals surface area contributed by atoms with Crippen molar-refractivity contribution in [2.45, 2.75) is 0 Å². The normalized spacial score (nSPS) is 10.4. The van der Waals surface area contributed by atoms with Crippen molar-refractivity contribution in [2.75, 3.05) is 5.32 Å². The fourth-order valence-electron chi connectivity index (χ4n) is 2.07. The van der Waals surface area contributed by atoms with Gasteiger partial charge in [-0.2, -0.15) is 0 Å². The van der Waals surface area contributed by atoms with E-state index in [1.807, 2.05) is 36.4 Å². The summed E-state index contributed by atoms with van der Waals surface area (Å²) in [4.78, 5) is 15.4. The van der Waals surface area contributed by atoms with Gasteiger partial charge in [-0.15, -0.1) is 0 Å². The molecule has 0 saturated heterocycles. The number of carbonyl (C=O) groups is 1. The van der Waals surface area contributed by atoms with Crippen LogP contribution in [-0.4, -0.2) is 10.9 Å². The fourth-order valence-corrected chi connectivity index (χ4v) is 2.07. The molecule has 0 radical (unpaired) electrons. The van der Waals surface area contributed by atoms with E-state index in [2.05, 4.69) is 10.3 Å². The van der Waals surface area contributed by atoms with Crippen molar-refractivity contribution in [3.8, 4) is 0 Å². The number of amides is 1. The first-order chi connectivity index (χ1) is 9.72. The minimum absolute atomic E-state index is 0.434. The number of pyridine rings is 1. The van der Waals surface area contributed by atoms with E-state index < -0.39 is 5.91 Å². The van der Waals surface area contributed by atoms with Crippen LogP contribution in [0.4, 0.5) is 11.4 Å². The smallest absolute Gasteiger partial charge is 0.248 e. The molecule has 20 heavy (non-hydrogen) atoms. The van der Waals surface area contributed by atoms with Crippen LogP contribution in [0.25, 0.3) is 10.9 Å². The molecular formula is C16H13N3O. The van der Waals surface area contributed by atoms with Crippen LogP contribution >= 0.6 is 0 Å². The predicted molar refractivity (Wildman–Crippen MR) is 80.0 cm³/mol. The van der Waals surface area contributed by atoms with Gasteiger partial charge in [-0.25, -0.2) is 0 Å². The number of anilines is 2. The summed E-state index contributed by atoms with van der Waals surface area (Å²) in [6.45, 7) is 0. The lowest BCUT2D eigenvalue weighted by molar-refractivity contribution is 0.100. The molecule has 2 aromatic carbocycles. The maximum absolute atomic E-state index is 11.2. The van der Waals surface area contributed by atoms with Gasteiger partial charge in [-0.1, -0.05) is 12.1 Å². The van der Waals surface area contributed by atoms with Gasteiger partial charge in [-0.05, 0) is 42.5 Å². The molecule has 0 saturated carbocycles. The van der Waals surface area contributed by atoms with E-state index in [-0.39, 0.29) is 0 Å². The zero-order valence-electron chi connectivity index (χ0n) is 10.7. The average molecular weight is 263 g/mol. The molecule has 0 unspecified atom stereocenters. The van der Waals surface area contributed by atoms with Crippen LogP contribution in [0.3, 0.4) is 0 Å². The minimum atomic E-state index is -0.434. The third-order valence-corrected chi connectivity index (χ3v) is 3.04. The standard InChI is InChI=1S/C16H13N3O/c17-16(20)12-3-1-5-13(10-12)19-14-6-7-15-11(9-14)4-2-8-18-15/h1-10,19H,(H2,17,20). The number of rotatable bonds is 3. The molecule has 3 aromatic rings. The van der Waals surface area contributed by atoms with Gasteiger partial charge in [-0.3, -0.25) is 9.78 Å². The molecule has 0 aliphatic rings. The van der Waals surface area contributed by atoms with Gasteiger partial charge in [0.1, 0.15) is 0 Å². The van der Waals surface area contributed by atoms with Gasteiger partial charge < -0.3 is 11.1 Å². The summed E-state index contributed by atoms with van der Waals surface area (Å²) in [6, 6.07) is 16.9. The van der Waals surface area contributed by atoms with Gasteiger partial charge in [0.15, 0.2) is 0 Å². The summed E-state index contributed by atoms with van der Waals surface area (Å²) in [7, 11) is 0. The van der Waals surface area contributed by atoms with Crippen molar-refractivity contribution in [1.82, 2.24) is 4.98 Å². The lowest BCUT2D eigenvalue weighted by Gasteiger charge is -2.08. The molecule has 0 spiro atoms. The zero-order chi connectivity index (χ0) is 13.9.